The van der Waals surface area contributed by atoms with Crippen molar-refractivity contribution in [3.8, 4) is 11.5 Å². The van der Waals surface area contributed by atoms with Gasteiger partial charge in [0.15, 0.2) is 11.5 Å². The van der Waals surface area contributed by atoms with Crippen LogP contribution in [-0.4, -0.2) is 27.3 Å². The van der Waals surface area contributed by atoms with Crippen molar-refractivity contribution in [3.63, 3.8) is 0 Å². The average molecular weight is 409 g/mol. The van der Waals surface area contributed by atoms with E-state index in [0.717, 1.165) is 30.1 Å². The van der Waals surface area contributed by atoms with Crippen LogP contribution in [0.25, 0.3) is 0 Å². The monoisotopic (exact) mass is 408 g/mol. The van der Waals surface area contributed by atoms with Crippen LogP contribution < -0.4 is 9.47 Å². The third-order valence-electron chi connectivity index (χ3n) is 4.11. The molecule has 2 unspecified atom stereocenters. The van der Waals surface area contributed by atoms with Crippen molar-refractivity contribution in [3.05, 3.63) is 23.8 Å². The second-order valence-corrected chi connectivity index (χ2v) is 8.94. The Morgan fingerprint density at radius 3 is 2.44 bits per heavy atom. The lowest BCUT2D eigenvalue weighted by Crippen LogP contribution is -2.16. The number of rotatable bonds is 10. The predicted octanol–water partition coefficient (Wildman–Crippen LogP) is 5.88. The Hall–Kier alpha value is -0.450. The standard InChI is InChI=1S/C18H28O3S.CH2Cl2/c1-3-4-5-6-7-8-11-22(19)15(2)12-16-9-10-17-18(13-16)21-14-20-17;2-1-3/h9-10,13,15H,3-8,11-12,14H2,1-2H3;1H2. The Kier molecular flexibility index (Phi) is 12.4. The molecule has 25 heavy (non-hydrogen) atoms. The first-order valence-electron chi connectivity index (χ1n) is 9.00. The summed E-state index contributed by atoms with van der Waals surface area (Å²) in [6, 6.07) is 6.01. The lowest BCUT2D eigenvalue weighted by atomic mass is 10.1. The van der Waals surface area contributed by atoms with Crippen molar-refractivity contribution in [2.45, 2.75) is 64.0 Å². The minimum Gasteiger partial charge on any atom is -0.454 e. The van der Waals surface area contributed by atoms with E-state index < -0.39 is 10.8 Å². The topological polar surface area (TPSA) is 35.5 Å². The fraction of sp³-hybridized carbons (Fsp3) is 0.684. The van der Waals surface area contributed by atoms with Crippen LogP contribution in [0, 0.1) is 0 Å². The van der Waals surface area contributed by atoms with E-state index >= 15 is 0 Å². The number of fused-ring (bicyclic) bond motifs is 1. The number of hydrogen-bond donors (Lipinski definition) is 0. The average Bonchev–Trinajstić information content (AvgIpc) is 3.06. The van der Waals surface area contributed by atoms with E-state index in [4.69, 9.17) is 32.7 Å². The quantitative estimate of drug-likeness (QED) is 0.358. The van der Waals surface area contributed by atoms with Crippen LogP contribution in [0.1, 0.15) is 57.9 Å². The highest BCUT2D eigenvalue weighted by molar-refractivity contribution is 7.85. The number of benzene rings is 1. The van der Waals surface area contributed by atoms with Crippen molar-refractivity contribution < 1.29 is 13.7 Å². The summed E-state index contributed by atoms with van der Waals surface area (Å²) in [5, 5.41) is 0.385. The summed E-state index contributed by atoms with van der Waals surface area (Å²) in [5.41, 5.74) is 1.17. The molecule has 1 aliphatic heterocycles. The molecule has 0 N–H and O–H groups in total. The SMILES string of the molecule is CCCCCCCCS(=O)C(C)Cc1ccc2c(c1)OCO2.ClCCl. The van der Waals surface area contributed by atoms with Gasteiger partial charge in [-0.1, -0.05) is 52.0 Å². The van der Waals surface area contributed by atoms with Gasteiger partial charge in [-0.25, -0.2) is 0 Å². The Morgan fingerprint density at radius 2 is 1.72 bits per heavy atom. The van der Waals surface area contributed by atoms with Gasteiger partial charge in [-0.05, 0) is 30.5 Å². The number of alkyl halides is 2. The first-order valence-corrected chi connectivity index (χ1v) is 11.4. The molecule has 0 radical (unpaired) electrons. The molecule has 2 rings (SSSR count). The molecule has 1 aromatic carbocycles. The summed E-state index contributed by atoms with van der Waals surface area (Å²) in [6.07, 6.45) is 8.32. The zero-order chi connectivity index (χ0) is 18.5. The van der Waals surface area contributed by atoms with E-state index in [0.29, 0.717) is 6.79 Å². The maximum atomic E-state index is 12.3. The molecule has 1 heterocycles. The van der Waals surface area contributed by atoms with Crippen molar-refractivity contribution in [1.29, 1.82) is 0 Å². The minimum absolute atomic E-state index is 0.191. The van der Waals surface area contributed by atoms with Crippen LogP contribution in [0.2, 0.25) is 0 Å². The normalized spacial score (nSPS) is 14.6. The molecular weight excluding hydrogens is 379 g/mol. The van der Waals surface area contributed by atoms with Gasteiger partial charge in [0.2, 0.25) is 6.79 Å². The Balaban J connectivity index is 0.000000970. The summed E-state index contributed by atoms with van der Waals surface area (Å²) in [7, 11) is -0.743. The van der Waals surface area contributed by atoms with Crippen LogP contribution in [0.3, 0.4) is 0 Å². The Labute approximate surface area is 164 Å². The van der Waals surface area contributed by atoms with E-state index in [-0.39, 0.29) is 10.6 Å². The molecule has 0 spiro atoms. The molecule has 0 amide bonds. The molecule has 1 aromatic rings. The molecule has 0 fully saturated rings. The van der Waals surface area contributed by atoms with E-state index in [1.807, 2.05) is 18.2 Å². The van der Waals surface area contributed by atoms with E-state index in [9.17, 15) is 4.21 Å². The molecule has 0 bridgehead atoms. The molecule has 0 saturated heterocycles. The summed E-state index contributed by atoms with van der Waals surface area (Å²) >= 11 is 9.53. The smallest absolute Gasteiger partial charge is 0.231 e. The number of hydrogen-bond acceptors (Lipinski definition) is 3. The van der Waals surface area contributed by atoms with Crippen LogP contribution in [0.15, 0.2) is 18.2 Å². The highest BCUT2D eigenvalue weighted by atomic mass is 35.5. The van der Waals surface area contributed by atoms with Crippen molar-refractivity contribution in [2.75, 3.05) is 17.9 Å². The fourth-order valence-electron chi connectivity index (χ4n) is 2.72. The zero-order valence-electron chi connectivity index (χ0n) is 15.3. The Bertz CT molecular complexity index is 511. The molecule has 0 saturated carbocycles. The van der Waals surface area contributed by atoms with Gasteiger partial charge in [0.1, 0.15) is 0 Å². The van der Waals surface area contributed by atoms with Crippen molar-refractivity contribution >= 4 is 34.0 Å². The molecular formula is C19H30Cl2O3S. The molecule has 144 valence electrons. The molecule has 1 aliphatic rings. The molecule has 0 aliphatic carbocycles. The lowest BCUT2D eigenvalue weighted by Gasteiger charge is -2.12. The van der Waals surface area contributed by atoms with Crippen LogP contribution in [0.5, 0.6) is 11.5 Å². The summed E-state index contributed by atoms with van der Waals surface area (Å²) < 4.78 is 23.0. The molecule has 6 heteroatoms. The first-order chi connectivity index (χ1) is 12.1. The van der Waals surface area contributed by atoms with Gasteiger partial charge in [0.05, 0.1) is 5.34 Å². The highest BCUT2D eigenvalue weighted by Gasteiger charge is 2.16. The summed E-state index contributed by atoms with van der Waals surface area (Å²) in [5.74, 6) is 2.45. The van der Waals surface area contributed by atoms with Gasteiger partial charge < -0.3 is 9.47 Å². The molecule has 0 aromatic heterocycles. The fourth-order valence-corrected chi connectivity index (χ4v) is 3.99. The second-order valence-electron chi connectivity index (χ2n) is 6.16. The zero-order valence-corrected chi connectivity index (χ0v) is 17.6. The number of unbranched alkanes of at least 4 members (excludes halogenated alkanes) is 5. The van der Waals surface area contributed by atoms with Gasteiger partial charge in [0.25, 0.3) is 0 Å². The van der Waals surface area contributed by atoms with Gasteiger partial charge in [-0.3, -0.25) is 4.21 Å². The van der Waals surface area contributed by atoms with Gasteiger partial charge in [0, 0.05) is 21.8 Å². The number of halogens is 2. The third kappa shape index (κ3) is 9.16. The van der Waals surface area contributed by atoms with Crippen LogP contribution >= 0.6 is 23.2 Å². The number of ether oxygens (including phenoxy) is 2. The maximum Gasteiger partial charge on any atom is 0.231 e. The summed E-state index contributed by atoms with van der Waals surface area (Å²) in [6.45, 7) is 4.61. The van der Waals surface area contributed by atoms with Crippen LogP contribution in [-0.2, 0) is 17.2 Å². The Morgan fingerprint density at radius 1 is 1.08 bits per heavy atom. The second kappa shape index (κ2) is 13.7. The van der Waals surface area contributed by atoms with Crippen LogP contribution in [0.4, 0.5) is 0 Å². The van der Waals surface area contributed by atoms with Gasteiger partial charge >= 0.3 is 0 Å². The highest BCUT2D eigenvalue weighted by Crippen LogP contribution is 2.33. The first kappa shape index (κ1) is 22.6. The summed E-state index contributed by atoms with van der Waals surface area (Å²) in [4.78, 5) is 0. The van der Waals surface area contributed by atoms with Gasteiger partial charge in [-0.15, -0.1) is 23.2 Å². The molecule has 3 nitrogen and oxygen atoms in total. The van der Waals surface area contributed by atoms with Crippen molar-refractivity contribution in [2.24, 2.45) is 0 Å². The molecule has 2 atom stereocenters. The van der Waals surface area contributed by atoms with E-state index in [1.165, 1.54) is 37.7 Å². The lowest BCUT2D eigenvalue weighted by molar-refractivity contribution is 0.174. The maximum absolute atomic E-state index is 12.3. The van der Waals surface area contributed by atoms with Crippen molar-refractivity contribution in [1.82, 2.24) is 0 Å². The minimum atomic E-state index is -0.743. The van der Waals surface area contributed by atoms with E-state index in [2.05, 4.69) is 13.8 Å². The predicted molar refractivity (Wildman–Crippen MR) is 109 cm³/mol. The largest absolute Gasteiger partial charge is 0.454 e. The third-order valence-corrected chi connectivity index (χ3v) is 5.86. The van der Waals surface area contributed by atoms with Gasteiger partial charge in [-0.2, -0.15) is 0 Å². The van der Waals surface area contributed by atoms with E-state index in [1.54, 1.807) is 0 Å².